The van der Waals surface area contributed by atoms with E-state index in [4.69, 9.17) is 21.9 Å². The Morgan fingerprint density at radius 3 is 1.15 bits per heavy atom. The molecule has 0 aromatic carbocycles. The Hall–Kier alpha value is -2.50. The molecule has 0 bridgehead atoms. The van der Waals surface area contributed by atoms with Crippen LogP contribution in [0.1, 0.15) is 131 Å². The molecular formula is C32H44MnN6. The van der Waals surface area contributed by atoms with Crippen LogP contribution >= 0.6 is 0 Å². The van der Waals surface area contributed by atoms with Crippen molar-refractivity contribution in [1.82, 2.24) is 29.3 Å². The third-order valence-electron chi connectivity index (χ3n) is 8.65. The van der Waals surface area contributed by atoms with Gasteiger partial charge < -0.3 is 0 Å². The van der Waals surface area contributed by atoms with Crippen molar-refractivity contribution in [3.8, 4) is 0 Å². The van der Waals surface area contributed by atoms with Crippen molar-refractivity contribution in [2.45, 2.75) is 114 Å². The molecule has 3 heterocycles. The summed E-state index contributed by atoms with van der Waals surface area (Å²) in [6, 6.07) is 6.65. The van der Waals surface area contributed by atoms with Crippen LogP contribution in [-0.4, -0.2) is 29.3 Å². The molecule has 0 saturated heterocycles. The van der Waals surface area contributed by atoms with E-state index < -0.39 is 0 Å². The van der Waals surface area contributed by atoms with Crippen molar-refractivity contribution in [3.63, 3.8) is 0 Å². The van der Waals surface area contributed by atoms with Crippen molar-refractivity contribution in [2.24, 2.45) is 0 Å². The molecule has 0 spiro atoms. The van der Waals surface area contributed by atoms with Crippen LogP contribution in [0.15, 0.2) is 55.5 Å². The van der Waals surface area contributed by atoms with E-state index in [-0.39, 0.29) is 17.1 Å². The molecule has 0 atom stereocenters. The zero-order chi connectivity index (χ0) is 26.2. The van der Waals surface area contributed by atoms with E-state index in [1.165, 1.54) is 126 Å². The molecule has 3 saturated carbocycles. The monoisotopic (exact) mass is 567 g/mol. The Kier molecular flexibility index (Phi) is 11.2. The maximum Gasteiger partial charge on any atom is 2.00 e. The van der Waals surface area contributed by atoms with Crippen LogP contribution in [-0.2, 0) is 17.1 Å². The average Bonchev–Trinajstić information content (AvgIpc) is 3.77. The van der Waals surface area contributed by atoms with E-state index in [0.29, 0.717) is 17.8 Å². The first kappa shape index (κ1) is 29.5. The Morgan fingerprint density at radius 2 is 0.897 bits per heavy atom. The molecule has 0 aliphatic heterocycles. The summed E-state index contributed by atoms with van der Waals surface area (Å²) in [7, 11) is 0. The number of aromatic nitrogens is 6. The second-order valence-corrected chi connectivity index (χ2v) is 11.3. The van der Waals surface area contributed by atoms with Gasteiger partial charge in [-0.3, -0.25) is 20.6 Å². The van der Waals surface area contributed by atoms with Gasteiger partial charge in [-0.15, -0.1) is 0 Å². The Labute approximate surface area is 245 Å². The Morgan fingerprint density at radius 1 is 0.615 bits per heavy atom. The maximum absolute atomic E-state index is 5.09. The van der Waals surface area contributed by atoms with Gasteiger partial charge in [-0.25, -0.2) is 12.2 Å². The van der Waals surface area contributed by atoms with E-state index >= 15 is 0 Å². The number of allylic oxidation sites excluding steroid dienone is 2. The van der Waals surface area contributed by atoms with Crippen LogP contribution in [0.3, 0.4) is 0 Å². The summed E-state index contributed by atoms with van der Waals surface area (Å²) in [4.78, 5) is 0. The van der Waals surface area contributed by atoms with E-state index in [2.05, 4.69) is 43.4 Å². The summed E-state index contributed by atoms with van der Waals surface area (Å²) >= 11 is 0. The van der Waals surface area contributed by atoms with Gasteiger partial charge in [0.15, 0.2) is 6.29 Å². The van der Waals surface area contributed by atoms with Gasteiger partial charge >= 0.3 is 17.1 Å². The largest absolute Gasteiger partial charge is 2.00 e. The molecule has 209 valence electrons. The van der Waals surface area contributed by atoms with Crippen molar-refractivity contribution < 1.29 is 17.1 Å². The zero-order valence-corrected chi connectivity index (χ0v) is 24.5. The first-order valence-electron chi connectivity index (χ1n) is 15.0. The molecule has 3 aliphatic rings. The predicted octanol–water partition coefficient (Wildman–Crippen LogP) is 7.97. The normalized spacial score (nSPS) is 19.0. The minimum absolute atomic E-state index is 0. The molecule has 39 heavy (non-hydrogen) atoms. The fourth-order valence-electron chi connectivity index (χ4n) is 6.51. The molecule has 7 heteroatoms. The summed E-state index contributed by atoms with van der Waals surface area (Å²) in [6.45, 7) is 8.08. The summed E-state index contributed by atoms with van der Waals surface area (Å²) in [5, 5.41) is 15.3. The van der Waals surface area contributed by atoms with Gasteiger partial charge in [0, 0.05) is 17.8 Å². The third kappa shape index (κ3) is 7.37. The zero-order valence-electron chi connectivity index (χ0n) is 23.3. The van der Waals surface area contributed by atoms with E-state index in [0.717, 1.165) is 6.29 Å². The van der Waals surface area contributed by atoms with Gasteiger partial charge in [0.25, 0.3) is 0 Å². The summed E-state index contributed by atoms with van der Waals surface area (Å²) in [5.74, 6) is 1.76. The molecule has 3 aromatic heterocycles. The molecular weight excluding hydrogens is 523 g/mol. The molecule has 1 radical (unpaired) electrons. The Bertz CT molecular complexity index is 1000. The third-order valence-corrected chi connectivity index (χ3v) is 8.65. The van der Waals surface area contributed by atoms with Crippen LogP contribution < -0.4 is 0 Å². The first-order chi connectivity index (χ1) is 18.8. The van der Waals surface area contributed by atoms with Crippen molar-refractivity contribution >= 4 is 0 Å². The van der Waals surface area contributed by atoms with Crippen molar-refractivity contribution in [1.29, 1.82) is 0 Å². The Balaban J connectivity index is 0.000000662. The van der Waals surface area contributed by atoms with Crippen LogP contribution in [0.25, 0.3) is 0 Å². The maximum atomic E-state index is 5.09. The first-order valence-corrected chi connectivity index (χ1v) is 15.0. The molecule has 0 unspecified atom stereocenters. The molecule has 0 amide bonds. The molecule has 3 fully saturated rings. The van der Waals surface area contributed by atoms with Crippen molar-refractivity contribution in [2.75, 3.05) is 0 Å². The molecule has 6 nitrogen and oxygen atoms in total. The second kappa shape index (κ2) is 14.8. The number of nitrogens with zero attached hydrogens (tertiary/aromatic N) is 6. The van der Waals surface area contributed by atoms with Crippen LogP contribution in [0.4, 0.5) is 0 Å². The van der Waals surface area contributed by atoms with Gasteiger partial charge in [-0.05, 0) is 57.1 Å². The van der Waals surface area contributed by atoms with Gasteiger partial charge in [0.05, 0.1) is 17.1 Å². The summed E-state index contributed by atoms with van der Waals surface area (Å²) in [5.41, 5.74) is 3.66. The standard InChI is InChI=1S/C28H39N6.C4H5.Mn/c1-4-10-22(11-5-1)25-16-19-32(29-25)28(33-20-17-26(30-33)23-12-6-2-7-13-23)34-21-18-27(31-34)24-14-8-3-9-15-24;1-3-4-2;/h16-24H,1-15H2;1,3-4H,2H2;/q2*-1;+2. The van der Waals surface area contributed by atoms with Gasteiger partial charge in [-0.2, -0.15) is 21.9 Å². The number of hydrogen-bond donors (Lipinski definition) is 0. The summed E-state index contributed by atoms with van der Waals surface area (Å²) < 4.78 is 6.04. The van der Waals surface area contributed by atoms with Crippen LogP contribution in [0.5, 0.6) is 0 Å². The molecule has 6 rings (SSSR count). The molecule has 0 N–H and O–H groups in total. The predicted molar refractivity (Wildman–Crippen MR) is 153 cm³/mol. The van der Waals surface area contributed by atoms with E-state index in [1.54, 1.807) is 0 Å². The van der Waals surface area contributed by atoms with E-state index in [1.807, 2.05) is 14.0 Å². The minimum Gasteiger partial charge on any atom is -0.293 e. The van der Waals surface area contributed by atoms with Crippen molar-refractivity contribution in [3.05, 3.63) is 85.5 Å². The fourth-order valence-corrected chi connectivity index (χ4v) is 6.51. The average molecular weight is 568 g/mol. The minimum atomic E-state index is 0. The quantitative estimate of drug-likeness (QED) is 0.165. The van der Waals surface area contributed by atoms with Gasteiger partial charge in [0.1, 0.15) is 0 Å². The SMILES string of the molecule is [CH-]=CC=C.[Mn+2].c1cn([C-](n2ccc(C3CCCCC3)n2)n2ccc(C3CCCCC3)n2)nc1C1CCCCC1. The number of rotatable bonds is 7. The smallest absolute Gasteiger partial charge is 0.293 e. The van der Waals surface area contributed by atoms with E-state index in [9.17, 15) is 0 Å². The van der Waals surface area contributed by atoms with Gasteiger partial charge in [-0.1, -0.05) is 76.0 Å². The number of hydrogen-bond acceptors (Lipinski definition) is 3. The molecule has 3 aliphatic carbocycles. The fraction of sp³-hybridized carbons (Fsp3) is 0.562. The van der Waals surface area contributed by atoms with Gasteiger partial charge in [0.2, 0.25) is 0 Å². The molecule has 3 aromatic rings. The van der Waals surface area contributed by atoms with Crippen LogP contribution in [0, 0.1) is 12.9 Å². The summed E-state index contributed by atoms with van der Waals surface area (Å²) in [6.07, 6.45) is 29.7. The topological polar surface area (TPSA) is 53.5 Å². The second-order valence-electron chi connectivity index (χ2n) is 11.3. The van der Waals surface area contributed by atoms with Crippen LogP contribution in [0.2, 0.25) is 0 Å².